The summed E-state index contributed by atoms with van der Waals surface area (Å²) in [5, 5.41) is 10.9. The minimum Gasteiger partial charge on any atom is -0.373 e. The first-order chi connectivity index (χ1) is 9.54. The van der Waals surface area contributed by atoms with Gasteiger partial charge in [-0.25, -0.2) is 0 Å². The highest BCUT2D eigenvalue weighted by molar-refractivity contribution is 6.18. The van der Waals surface area contributed by atoms with Gasteiger partial charge in [0, 0.05) is 30.3 Å². The quantitative estimate of drug-likeness (QED) is 0.486. The van der Waals surface area contributed by atoms with Crippen LogP contribution in [0.1, 0.15) is 15.9 Å². The number of carbonyl (C=O) groups excluding carboxylic acids is 1. The van der Waals surface area contributed by atoms with E-state index in [1.54, 1.807) is 17.9 Å². The van der Waals surface area contributed by atoms with Gasteiger partial charge in [-0.15, -0.1) is 11.6 Å². The van der Waals surface area contributed by atoms with E-state index in [9.17, 15) is 14.9 Å². The monoisotopic (exact) mass is 298 g/mol. The van der Waals surface area contributed by atoms with Gasteiger partial charge in [-0.05, 0) is 13.0 Å². The van der Waals surface area contributed by atoms with Gasteiger partial charge in [-0.3, -0.25) is 14.9 Å². The van der Waals surface area contributed by atoms with E-state index in [2.05, 4.69) is 0 Å². The number of hydrogen-bond donors (Lipinski definition) is 0. The number of ether oxygens (including phenoxy) is 1. The van der Waals surface area contributed by atoms with E-state index in [1.165, 1.54) is 12.1 Å². The topological polar surface area (TPSA) is 72.7 Å². The lowest BCUT2D eigenvalue weighted by molar-refractivity contribution is -0.385. The van der Waals surface area contributed by atoms with Gasteiger partial charge in [0.25, 0.3) is 11.6 Å². The minimum absolute atomic E-state index is 0.0435. The second kappa shape index (κ2) is 6.19. The zero-order valence-electron chi connectivity index (χ0n) is 11.0. The van der Waals surface area contributed by atoms with Crippen LogP contribution in [0.15, 0.2) is 18.2 Å². The second-order valence-electron chi connectivity index (χ2n) is 4.61. The van der Waals surface area contributed by atoms with Crippen LogP contribution in [0, 0.1) is 17.0 Å². The lowest BCUT2D eigenvalue weighted by atomic mass is 10.1. The van der Waals surface area contributed by atoms with Crippen LogP contribution < -0.4 is 0 Å². The molecule has 1 aromatic rings. The molecule has 20 heavy (non-hydrogen) atoms. The minimum atomic E-state index is -0.479. The fraction of sp³-hybridized carbons (Fsp3) is 0.462. The van der Waals surface area contributed by atoms with Crippen molar-refractivity contribution in [2.45, 2.75) is 13.0 Å². The Morgan fingerprint density at radius 1 is 1.60 bits per heavy atom. The molecule has 2 rings (SSSR count). The van der Waals surface area contributed by atoms with Crippen molar-refractivity contribution in [1.29, 1.82) is 0 Å². The molecule has 1 aliphatic rings. The number of hydrogen-bond acceptors (Lipinski definition) is 4. The Bertz CT molecular complexity index is 535. The van der Waals surface area contributed by atoms with Crippen LogP contribution >= 0.6 is 11.6 Å². The SMILES string of the molecule is Cc1c(C(=O)N2CCOC(CCl)C2)cccc1[N+](=O)[O-]. The molecule has 1 aliphatic heterocycles. The lowest BCUT2D eigenvalue weighted by Gasteiger charge is -2.32. The Balaban J connectivity index is 2.25. The molecule has 6 nitrogen and oxygen atoms in total. The van der Waals surface area contributed by atoms with Crippen LogP contribution in [0.25, 0.3) is 0 Å². The van der Waals surface area contributed by atoms with Gasteiger partial charge in [0.1, 0.15) is 0 Å². The van der Waals surface area contributed by atoms with Crippen molar-refractivity contribution in [2.75, 3.05) is 25.6 Å². The molecule has 1 atom stereocenters. The Hall–Kier alpha value is -1.66. The molecule has 0 aromatic heterocycles. The van der Waals surface area contributed by atoms with E-state index >= 15 is 0 Å². The molecule has 1 unspecified atom stereocenters. The number of benzene rings is 1. The molecule has 108 valence electrons. The number of halogens is 1. The highest BCUT2D eigenvalue weighted by Gasteiger charge is 2.27. The van der Waals surface area contributed by atoms with Crippen LogP contribution in [-0.4, -0.2) is 47.4 Å². The van der Waals surface area contributed by atoms with E-state index < -0.39 is 4.92 Å². The second-order valence-corrected chi connectivity index (χ2v) is 4.91. The molecule has 1 amide bonds. The van der Waals surface area contributed by atoms with Gasteiger partial charge in [0.05, 0.1) is 23.5 Å². The third-order valence-corrected chi connectivity index (χ3v) is 3.67. The zero-order chi connectivity index (χ0) is 14.7. The Labute approximate surface area is 121 Å². The van der Waals surface area contributed by atoms with Gasteiger partial charge in [-0.2, -0.15) is 0 Å². The highest BCUT2D eigenvalue weighted by atomic mass is 35.5. The van der Waals surface area contributed by atoms with Crippen molar-refractivity contribution in [3.8, 4) is 0 Å². The van der Waals surface area contributed by atoms with Crippen LogP contribution in [0.2, 0.25) is 0 Å². The Kier molecular flexibility index (Phi) is 4.57. The largest absolute Gasteiger partial charge is 0.373 e. The summed E-state index contributed by atoms with van der Waals surface area (Å²) in [5.41, 5.74) is 0.698. The average Bonchev–Trinajstić information content (AvgIpc) is 2.46. The summed E-state index contributed by atoms with van der Waals surface area (Å²) in [4.78, 5) is 24.5. The van der Waals surface area contributed by atoms with E-state index in [-0.39, 0.29) is 17.7 Å². The third kappa shape index (κ3) is 2.91. The molecule has 7 heteroatoms. The van der Waals surface area contributed by atoms with Crippen molar-refractivity contribution in [3.63, 3.8) is 0 Å². The van der Waals surface area contributed by atoms with E-state index in [0.29, 0.717) is 36.7 Å². The number of morpholine rings is 1. The summed E-state index contributed by atoms with van der Waals surface area (Å²) < 4.78 is 5.40. The molecule has 1 fully saturated rings. The number of nitrogens with zero attached hydrogens (tertiary/aromatic N) is 2. The maximum Gasteiger partial charge on any atom is 0.273 e. The molecule has 0 N–H and O–H groups in total. The van der Waals surface area contributed by atoms with Crippen LogP contribution in [0.3, 0.4) is 0 Å². The normalized spacial score (nSPS) is 18.9. The Morgan fingerprint density at radius 3 is 3.00 bits per heavy atom. The molecular weight excluding hydrogens is 284 g/mol. The zero-order valence-corrected chi connectivity index (χ0v) is 11.8. The van der Waals surface area contributed by atoms with Gasteiger partial charge in [0.15, 0.2) is 0 Å². The molecule has 1 saturated heterocycles. The molecule has 0 saturated carbocycles. The summed E-state index contributed by atoms with van der Waals surface area (Å²) in [6, 6.07) is 4.53. The first kappa shape index (κ1) is 14.7. The molecule has 1 aromatic carbocycles. The summed E-state index contributed by atoms with van der Waals surface area (Å²) in [6.07, 6.45) is -0.187. The fourth-order valence-electron chi connectivity index (χ4n) is 2.22. The molecule has 0 aliphatic carbocycles. The number of amides is 1. The first-order valence-corrected chi connectivity index (χ1v) is 6.79. The van der Waals surface area contributed by atoms with Gasteiger partial charge in [-0.1, -0.05) is 6.07 Å². The number of nitro benzene ring substituents is 1. The van der Waals surface area contributed by atoms with Crippen LogP contribution in [0.4, 0.5) is 5.69 Å². The van der Waals surface area contributed by atoms with E-state index in [0.717, 1.165) is 0 Å². The lowest BCUT2D eigenvalue weighted by Crippen LogP contribution is -2.46. The van der Waals surface area contributed by atoms with E-state index in [1.807, 2.05) is 0 Å². The van der Waals surface area contributed by atoms with Crippen molar-refractivity contribution >= 4 is 23.2 Å². The first-order valence-electron chi connectivity index (χ1n) is 6.25. The summed E-state index contributed by atoms with van der Waals surface area (Å²) >= 11 is 5.74. The standard InChI is InChI=1S/C13H15ClN2O4/c1-9-11(3-2-4-12(9)16(18)19)13(17)15-5-6-20-10(7-14)8-15/h2-4,10H,5-8H2,1H3. The van der Waals surface area contributed by atoms with Crippen molar-refractivity contribution in [1.82, 2.24) is 4.90 Å². The number of alkyl halides is 1. The van der Waals surface area contributed by atoms with Crippen LogP contribution in [-0.2, 0) is 4.74 Å². The third-order valence-electron chi connectivity index (χ3n) is 3.33. The Morgan fingerprint density at radius 2 is 2.35 bits per heavy atom. The smallest absolute Gasteiger partial charge is 0.273 e. The average molecular weight is 299 g/mol. The highest BCUT2D eigenvalue weighted by Crippen LogP contribution is 2.23. The maximum atomic E-state index is 12.5. The number of nitro groups is 1. The van der Waals surface area contributed by atoms with Gasteiger partial charge >= 0.3 is 0 Å². The molecule has 0 spiro atoms. The van der Waals surface area contributed by atoms with Crippen molar-refractivity contribution in [3.05, 3.63) is 39.4 Å². The van der Waals surface area contributed by atoms with Crippen molar-refractivity contribution in [2.24, 2.45) is 0 Å². The molecule has 1 heterocycles. The van der Waals surface area contributed by atoms with E-state index in [4.69, 9.17) is 16.3 Å². The molecule has 0 radical (unpaired) electrons. The van der Waals surface area contributed by atoms with Gasteiger partial charge < -0.3 is 9.64 Å². The fourth-order valence-corrected chi connectivity index (χ4v) is 2.41. The van der Waals surface area contributed by atoms with Gasteiger partial charge in [0.2, 0.25) is 0 Å². The predicted molar refractivity (Wildman–Crippen MR) is 74.2 cm³/mol. The summed E-state index contributed by atoms with van der Waals surface area (Å²) in [5.74, 6) is 0.0992. The number of carbonyl (C=O) groups is 1. The predicted octanol–water partition coefficient (Wildman–Crippen LogP) is 1.98. The maximum absolute atomic E-state index is 12.5. The molecular formula is C13H15ClN2O4. The number of rotatable bonds is 3. The summed E-state index contributed by atoms with van der Waals surface area (Å²) in [6.45, 7) is 2.89. The van der Waals surface area contributed by atoms with Crippen molar-refractivity contribution < 1.29 is 14.5 Å². The van der Waals surface area contributed by atoms with Crippen LogP contribution in [0.5, 0.6) is 0 Å². The summed E-state index contributed by atoms with van der Waals surface area (Å²) in [7, 11) is 0. The molecule has 0 bridgehead atoms.